The molecule has 1 aromatic heterocycles. The topological polar surface area (TPSA) is 72.9 Å². The largest absolute Gasteiger partial charge is 0.345 e. The molecule has 23 heavy (non-hydrogen) atoms. The number of nitrogens with two attached hydrogens (primary N) is 1. The van der Waals surface area contributed by atoms with E-state index in [0.29, 0.717) is 23.5 Å². The number of nitrogens with zero attached hydrogens (tertiary/aromatic N) is 2. The standard InChI is InChI=1S/C17H23FN4O/c1-4-17(5-2,11-19)21-16(23)15-10-20-22(12(15)3)14-8-6-13(18)7-9-14/h6-10H,4-5,11,19H2,1-3H3,(H,21,23). The van der Waals surface area contributed by atoms with Gasteiger partial charge in [-0.1, -0.05) is 13.8 Å². The molecular formula is C17H23FN4O. The summed E-state index contributed by atoms with van der Waals surface area (Å²) in [5.74, 6) is -0.500. The fourth-order valence-electron chi connectivity index (χ4n) is 2.55. The maximum atomic E-state index is 13.0. The lowest BCUT2D eigenvalue weighted by Gasteiger charge is -2.31. The molecule has 6 heteroatoms. The number of carbonyl (C=O) groups is 1. The minimum Gasteiger partial charge on any atom is -0.345 e. The summed E-state index contributed by atoms with van der Waals surface area (Å²) in [5.41, 5.74) is 7.33. The number of aromatic nitrogens is 2. The summed E-state index contributed by atoms with van der Waals surface area (Å²) in [6.07, 6.45) is 3.05. The van der Waals surface area contributed by atoms with E-state index in [4.69, 9.17) is 5.73 Å². The van der Waals surface area contributed by atoms with E-state index in [9.17, 15) is 9.18 Å². The number of hydrogen-bond acceptors (Lipinski definition) is 3. The first-order chi connectivity index (χ1) is 11.0. The zero-order valence-electron chi connectivity index (χ0n) is 13.8. The van der Waals surface area contributed by atoms with Crippen LogP contribution in [-0.2, 0) is 0 Å². The lowest BCUT2D eigenvalue weighted by molar-refractivity contribution is 0.0894. The Hall–Kier alpha value is -2.21. The molecule has 124 valence electrons. The van der Waals surface area contributed by atoms with Gasteiger partial charge in [0.05, 0.1) is 28.7 Å². The summed E-state index contributed by atoms with van der Waals surface area (Å²) in [5, 5.41) is 7.28. The molecule has 2 rings (SSSR count). The average molecular weight is 318 g/mol. The Kier molecular flexibility index (Phi) is 5.15. The summed E-state index contributed by atoms with van der Waals surface area (Å²) < 4.78 is 14.7. The first-order valence-electron chi connectivity index (χ1n) is 7.79. The Morgan fingerprint density at radius 2 is 1.91 bits per heavy atom. The van der Waals surface area contributed by atoms with Gasteiger partial charge in [0.2, 0.25) is 0 Å². The third kappa shape index (κ3) is 3.42. The van der Waals surface area contributed by atoms with Crippen molar-refractivity contribution in [2.75, 3.05) is 6.54 Å². The summed E-state index contributed by atoms with van der Waals surface area (Å²) in [7, 11) is 0. The van der Waals surface area contributed by atoms with Crippen molar-refractivity contribution in [2.24, 2.45) is 5.73 Å². The fourth-order valence-corrected chi connectivity index (χ4v) is 2.55. The Morgan fingerprint density at radius 1 is 1.30 bits per heavy atom. The van der Waals surface area contributed by atoms with Gasteiger partial charge in [-0.15, -0.1) is 0 Å². The van der Waals surface area contributed by atoms with Crippen LogP contribution >= 0.6 is 0 Å². The van der Waals surface area contributed by atoms with Crippen LogP contribution in [0, 0.1) is 12.7 Å². The molecule has 1 heterocycles. The van der Waals surface area contributed by atoms with Gasteiger partial charge in [0.15, 0.2) is 0 Å². The fraction of sp³-hybridized carbons (Fsp3) is 0.412. The first kappa shape index (κ1) is 17.1. The molecule has 3 N–H and O–H groups in total. The van der Waals surface area contributed by atoms with E-state index in [1.165, 1.54) is 18.3 Å². The molecule has 0 spiro atoms. The van der Waals surface area contributed by atoms with Crippen molar-refractivity contribution in [3.63, 3.8) is 0 Å². The molecule has 2 aromatic rings. The van der Waals surface area contributed by atoms with Gasteiger partial charge in [0.25, 0.3) is 5.91 Å². The van der Waals surface area contributed by atoms with Crippen LogP contribution in [0.5, 0.6) is 0 Å². The van der Waals surface area contributed by atoms with E-state index in [1.54, 1.807) is 16.8 Å². The van der Waals surface area contributed by atoms with Crippen LogP contribution in [0.3, 0.4) is 0 Å². The molecular weight excluding hydrogens is 295 g/mol. The number of amides is 1. The predicted octanol–water partition coefficient (Wildman–Crippen LogP) is 2.57. The van der Waals surface area contributed by atoms with Gasteiger partial charge in [-0.3, -0.25) is 4.79 Å². The van der Waals surface area contributed by atoms with Gasteiger partial charge in [0, 0.05) is 6.54 Å². The molecule has 0 radical (unpaired) electrons. The monoisotopic (exact) mass is 318 g/mol. The van der Waals surface area contributed by atoms with Crippen molar-refractivity contribution in [3.8, 4) is 5.69 Å². The maximum Gasteiger partial charge on any atom is 0.255 e. The highest BCUT2D eigenvalue weighted by molar-refractivity contribution is 5.95. The highest BCUT2D eigenvalue weighted by atomic mass is 19.1. The van der Waals surface area contributed by atoms with Gasteiger partial charge in [0.1, 0.15) is 5.82 Å². The Bertz CT molecular complexity index is 666. The maximum absolute atomic E-state index is 13.0. The third-order valence-electron chi connectivity index (χ3n) is 4.45. The zero-order valence-corrected chi connectivity index (χ0v) is 13.8. The summed E-state index contributed by atoms with van der Waals surface area (Å²) in [6, 6.07) is 5.98. The second kappa shape index (κ2) is 6.91. The predicted molar refractivity (Wildman–Crippen MR) is 88.1 cm³/mol. The molecule has 1 aromatic carbocycles. The van der Waals surface area contributed by atoms with E-state index >= 15 is 0 Å². The van der Waals surface area contributed by atoms with Crippen molar-refractivity contribution in [2.45, 2.75) is 39.2 Å². The zero-order chi connectivity index (χ0) is 17.0. The van der Waals surface area contributed by atoms with Crippen LogP contribution in [0.15, 0.2) is 30.5 Å². The van der Waals surface area contributed by atoms with E-state index in [-0.39, 0.29) is 11.7 Å². The minimum atomic E-state index is -0.401. The van der Waals surface area contributed by atoms with E-state index in [2.05, 4.69) is 10.4 Å². The smallest absolute Gasteiger partial charge is 0.255 e. The molecule has 0 aliphatic rings. The number of nitrogens with one attached hydrogen (secondary N) is 1. The molecule has 0 fully saturated rings. The highest BCUT2D eigenvalue weighted by Crippen LogP contribution is 2.18. The normalized spacial score (nSPS) is 11.5. The molecule has 0 atom stereocenters. The average Bonchev–Trinajstić information content (AvgIpc) is 2.95. The van der Waals surface area contributed by atoms with Gasteiger partial charge in [-0.25, -0.2) is 9.07 Å². The van der Waals surface area contributed by atoms with Crippen LogP contribution in [0.25, 0.3) is 5.69 Å². The van der Waals surface area contributed by atoms with Crippen LogP contribution in [0.4, 0.5) is 4.39 Å². The second-order valence-corrected chi connectivity index (χ2v) is 5.68. The van der Waals surface area contributed by atoms with Gasteiger partial charge in [-0.2, -0.15) is 5.10 Å². The number of halogens is 1. The van der Waals surface area contributed by atoms with E-state index in [0.717, 1.165) is 12.8 Å². The Balaban J connectivity index is 2.28. The number of carbonyl (C=O) groups excluding carboxylic acids is 1. The van der Waals surface area contributed by atoms with Crippen molar-refractivity contribution in [3.05, 3.63) is 47.5 Å². The summed E-state index contributed by atoms with van der Waals surface area (Å²) in [6.45, 7) is 6.21. The van der Waals surface area contributed by atoms with Crippen molar-refractivity contribution < 1.29 is 9.18 Å². The summed E-state index contributed by atoms with van der Waals surface area (Å²) >= 11 is 0. The Morgan fingerprint density at radius 3 is 2.43 bits per heavy atom. The Labute approximate surface area is 135 Å². The van der Waals surface area contributed by atoms with Crippen molar-refractivity contribution in [1.82, 2.24) is 15.1 Å². The minimum absolute atomic E-state index is 0.190. The molecule has 0 aliphatic carbocycles. The number of hydrogen-bond donors (Lipinski definition) is 2. The van der Waals surface area contributed by atoms with Crippen molar-refractivity contribution >= 4 is 5.91 Å². The van der Waals surface area contributed by atoms with E-state index < -0.39 is 5.54 Å². The van der Waals surface area contributed by atoms with Gasteiger partial charge < -0.3 is 11.1 Å². The second-order valence-electron chi connectivity index (χ2n) is 5.68. The van der Waals surface area contributed by atoms with Crippen LogP contribution in [-0.4, -0.2) is 27.8 Å². The van der Waals surface area contributed by atoms with Crippen LogP contribution in [0.2, 0.25) is 0 Å². The quantitative estimate of drug-likeness (QED) is 0.860. The molecule has 0 aliphatic heterocycles. The highest BCUT2D eigenvalue weighted by Gasteiger charge is 2.28. The first-order valence-corrected chi connectivity index (χ1v) is 7.79. The SMILES string of the molecule is CCC(CC)(CN)NC(=O)c1cnn(-c2ccc(F)cc2)c1C. The number of rotatable bonds is 6. The number of benzene rings is 1. The van der Waals surface area contributed by atoms with Gasteiger partial charge in [-0.05, 0) is 44.0 Å². The van der Waals surface area contributed by atoms with Gasteiger partial charge >= 0.3 is 0 Å². The molecule has 0 unspecified atom stereocenters. The summed E-state index contributed by atoms with van der Waals surface area (Å²) in [4.78, 5) is 12.6. The van der Waals surface area contributed by atoms with Crippen LogP contribution in [0.1, 0.15) is 42.7 Å². The molecule has 0 bridgehead atoms. The molecule has 1 amide bonds. The molecule has 0 saturated heterocycles. The lowest BCUT2D eigenvalue weighted by Crippen LogP contribution is -2.52. The molecule has 0 saturated carbocycles. The van der Waals surface area contributed by atoms with E-state index in [1.807, 2.05) is 20.8 Å². The van der Waals surface area contributed by atoms with Crippen molar-refractivity contribution in [1.29, 1.82) is 0 Å². The molecule has 5 nitrogen and oxygen atoms in total. The lowest BCUT2D eigenvalue weighted by atomic mass is 9.92. The van der Waals surface area contributed by atoms with Crippen LogP contribution < -0.4 is 11.1 Å². The third-order valence-corrected chi connectivity index (χ3v) is 4.45.